The van der Waals surface area contributed by atoms with Crippen molar-refractivity contribution in [3.63, 3.8) is 0 Å². The SMILES string of the molecule is O=C(CCCCCC(=O)Oc1ccc([N+](=O)[O-])cc1)Oc1ccc([N+](=O)[O-])cc1. The molecular formula is C19H18N2O8. The lowest BCUT2D eigenvalue weighted by Crippen LogP contribution is -2.09. The van der Waals surface area contributed by atoms with E-state index in [4.69, 9.17) is 9.47 Å². The first-order valence-electron chi connectivity index (χ1n) is 8.75. The van der Waals surface area contributed by atoms with Gasteiger partial charge in [0.05, 0.1) is 9.85 Å². The number of esters is 2. The minimum atomic E-state index is -0.543. The summed E-state index contributed by atoms with van der Waals surface area (Å²) in [4.78, 5) is 43.5. The molecule has 2 aromatic rings. The smallest absolute Gasteiger partial charge is 0.311 e. The van der Waals surface area contributed by atoms with Gasteiger partial charge in [-0.3, -0.25) is 29.8 Å². The van der Waals surface area contributed by atoms with Gasteiger partial charge in [-0.1, -0.05) is 6.42 Å². The lowest BCUT2D eigenvalue weighted by atomic mass is 10.1. The number of nitrogens with zero attached hydrogens (tertiary/aromatic N) is 2. The molecule has 10 nitrogen and oxygen atoms in total. The van der Waals surface area contributed by atoms with Gasteiger partial charge in [-0.05, 0) is 37.1 Å². The van der Waals surface area contributed by atoms with Crippen LogP contribution in [0.2, 0.25) is 0 Å². The molecule has 2 rings (SSSR count). The van der Waals surface area contributed by atoms with Crippen LogP contribution in [0.1, 0.15) is 32.1 Å². The largest absolute Gasteiger partial charge is 0.427 e. The van der Waals surface area contributed by atoms with E-state index in [2.05, 4.69) is 0 Å². The Hall–Kier alpha value is -3.82. The van der Waals surface area contributed by atoms with Crippen LogP contribution in [0.5, 0.6) is 11.5 Å². The molecule has 0 unspecified atom stereocenters. The van der Waals surface area contributed by atoms with Crippen molar-refractivity contribution in [2.45, 2.75) is 32.1 Å². The third-order valence-electron chi connectivity index (χ3n) is 3.82. The Morgan fingerprint density at radius 1 is 0.655 bits per heavy atom. The Kier molecular flexibility index (Phi) is 7.78. The summed E-state index contributed by atoms with van der Waals surface area (Å²) in [6, 6.07) is 10.4. The Morgan fingerprint density at radius 3 is 1.31 bits per heavy atom. The highest BCUT2D eigenvalue weighted by Crippen LogP contribution is 2.19. The fourth-order valence-electron chi connectivity index (χ4n) is 2.35. The zero-order chi connectivity index (χ0) is 21.2. The van der Waals surface area contributed by atoms with Gasteiger partial charge in [0.25, 0.3) is 11.4 Å². The first-order chi connectivity index (χ1) is 13.8. The molecule has 10 heteroatoms. The third-order valence-corrected chi connectivity index (χ3v) is 3.82. The maximum absolute atomic E-state index is 11.7. The quantitative estimate of drug-likeness (QED) is 0.191. The molecule has 0 saturated heterocycles. The number of non-ortho nitro benzene ring substituents is 2. The molecule has 0 heterocycles. The number of carbonyl (C=O) groups is 2. The summed E-state index contributed by atoms with van der Waals surface area (Å²) in [7, 11) is 0. The highest BCUT2D eigenvalue weighted by atomic mass is 16.6. The Balaban J connectivity index is 1.62. The lowest BCUT2D eigenvalue weighted by Gasteiger charge is -2.05. The monoisotopic (exact) mass is 402 g/mol. The number of nitro groups is 2. The van der Waals surface area contributed by atoms with Crippen LogP contribution in [0.3, 0.4) is 0 Å². The summed E-state index contributed by atoms with van der Waals surface area (Å²) < 4.78 is 10.2. The Morgan fingerprint density at radius 2 is 1.00 bits per heavy atom. The lowest BCUT2D eigenvalue weighted by molar-refractivity contribution is -0.385. The first-order valence-corrected chi connectivity index (χ1v) is 8.75. The standard InChI is InChI=1S/C19H18N2O8/c22-18(28-16-10-6-14(7-11-16)20(24)25)4-2-1-3-5-19(23)29-17-12-8-15(9-13-17)21(26)27/h6-13H,1-5H2. The summed E-state index contributed by atoms with van der Waals surface area (Å²) >= 11 is 0. The molecule has 0 fully saturated rings. The number of unbranched alkanes of at least 4 members (excludes halogenated alkanes) is 2. The maximum atomic E-state index is 11.7. The van der Waals surface area contributed by atoms with Gasteiger partial charge in [0.1, 0.15) is 11.5 Å². The molecule has 2 aromatic carbocycles. The second-order valence-corrected chi connectivity index (χ2v) is 6.01. The van der Waals surface area contributed by atoms with E-state index in [1.165, 1.54) is 48.5 Å². The van der Waals surface area contributed by atoms with Crippen molar-refractivity contribution in [1.82, 2.24) is 0 Å². The molecule has 0 aromatic heterocycles. The van der Waals surface area contributed by atoms with Crippen LogP contribution in [0.4, 0.5) is 11.4 Å². The minimum Gasteiger partial charge on any atom is -0.427 e. The van der Waals surface area contributed by atoms with E-state index in [-0.39, 0.29) is 35.7 Å². The summed E-state index contributed by atoms with van der Waals surface area (Å²) in [6.45, 7) is 0. The number of nitro benzene ring substituents is 2. The molecule has 0 saturated carbocycles. The molecule has 152 valence electrons. The van der Waals surface area contributed by atoms with Crippen LogP contribution in [-0.4, -0.2) is 21.8 Å². The van der Waals surface area contributed by atoms with Gasteiger partial charge in [-0.15, -0.1) is 0 Å². The summed E-state index contributed by atoms with van der Waals surface area (Å²) in [5.74, 6) is -0.473. The van der Waals surface area contributed by atoms with Crippen LogP contribution < -0.4 is 9.47 Å². The van der Waals surface area contributed by atoms with Gasteiger partial charge in [0.2, 0.25) is 0 Å². The molecular weight excluding hydrogens is 384 g/mol. The second-order valence-electron chi connectivity index (χ2n) is 6.01. The predicted molar refractivity (Wildman–Crippen MR) is 101 cm³/mol. The number of hydrogen-bond donors (Lipinski definition) is 0. The van der Waals surface area contributed by atoms with Crippen LogP contribution >= 0.6 is 0 Å². The number of ether oxygens (including phenoxy) is 2. The number of hydrogen-bond acceptors (Lipinski definition) is 8. The van der Waals surface area contributed by atoms with Crippen LogP contribution in [0.25, 0.3) is 0 Å². The molecule has 0 amide bonds. The van der Waals surface area contributed by atoms with E-state index in [1.54, 1.807) is 0 Å². The summed E-state index contributed by atoms with van der Waals surface area (Å²) in [5.41, 5.74) is -0.184. The van der Waals surface area contributed by atoms with Gasteiger partial charge in [-0.25, -0.2) is 0 Å². The Labute approximate surface area is 165 Å². The van der Waals surface area contributed by atoms with E-state index >= 15 is 0 Å². The zero-order valence-electron chi connectivity index (χ0n) is 15.3. The summed E-state index contributed by atoms with van der Waals surface area (Å²) in [5, 5.41) is 21.1. The van der Waals surface area contributed by atoms with E-state index in [9.17, 15) is 29.8 Å². The molecule has 0 aliphatic rings. The molecule has 0 atom stereocenters. The topological polar surface area (TPSA) is 139 Å². The van der Waals surface area contributed by atoms with Crippen molar-refractivity contribution in [2.24, 2.45) is 0 Å². The fourth-order valence-corrected chi connectivity index (χ4v) is 2.35. The molecule has 0 aliphatic carbocycles. The number of rotatable bonds is 10. The Bertz CT molecular complexity index is 805. The van der Waals surface area contributed by atoms with Crippen molar-refractivity contribution in [3.8, 4) is 11.5 Å². The fraction of sp³-hybridized carbons (Fsp3) is 0.263. The summed E-state index contributed by atoms with van der Waals surface area (Å²) in [6.07, 6.45) is 1.92. The van der Waals surface area contributed by atoms with Crippen LogP contribution in [-0.2, 0) is 9.59 Å². The van der Waals surface area contributed by atoms with E-state index in [1.807, 2.05) is 0 Å². The van der Waals surface area contributed by atoms with Crippen LogP contribution in [0, 0.1) is 20.2 Å². The van der Waals surface area contributed by atoms with Crippen molar-refractivity contribution in [1.29, 1.82) is 0 Å². The van der Waals surface area contributed by atoms with Gasteiger partial charge in [0, 0.05) is 37.1 Å². The average molecular weight is 402 g/mol. The van der Waals surface area contributed by atoms with E-state index in [0.717, 1.165) is 0 Å². The molecule has 0 spiro atoms. The maximum Gasteiger partial charge on any atom is 0.311 e. The second kappa shape index (κ2) is 10.5. The first kappa shape index (κ1) is 21.5. The van der Waals surface area contributed by atoms with Gasteiger partial charge < -0.3 is 9.47 Å². The van der Waals surface area contributed by atoms with Gasteiger partial charge in [-0.2, -0.15) is 0 Å². The molecule has 0 aliphatic heterocycles. The van der Waals surface area contributed by atoms with E-state index < -0.39 is 21.8 Å². The average Bonchev–Trinajstić information content (AvgIpc) is 2.68. The minimum absolute atomic E-state index is 0.0922. The normalized spacial score (nSPS) is 10.2. The van der Waals surface area contributed by atoms with Crippen molar-refractivity contribution < 1.29 is 28.9 Å². The predicted octanol–water partition coefficient (Wildman–Crippen LogP) is 3.96. The van der Waals surface area contributed by atoms with Gasteiger partial charge in [0.15, 0.2) is 0 Å². The zero-order valence-corrected chi connectivity index (χ0v) is 15.3. The third kappa shape index (κ3) is 7.37. The molecule has 29 heavy (non-hydrogen) atoms. The van der Waals surface area contributed by atoms with Gasteiger partial charge >= 0.3 is 11.9 Å². The van der Waals surface area contributed by atoms with Crippen molar-refractivity contribution in [3.05, 3.63) is 68.8 Å². The van der Waals surface area contributed by atoms with Crippen molar-refractivity contribution in [2.75, 3.05) is 0 Å². The highest BCUT2D eigenvalue weighted by Gasteiger charge is 2.10. The molecule has 0 N–H and O–H groups in total. The van der Waals surface area contributed by atoms with Crippen molar-refractivity contribution >= 4 is 23.3 Å². The van der Waals surface area contributed by atoms with E-state index in [0.29, 0.717) is 19.3 Å². The molecule has 0 radical (unpaired) electrons. The number of benzene rings is 2. The van der Waals surface area contributed by atoms with Crippen LogP contribution in [0.15, 0.2) is 48.5 Å². The highest BCUT2D eigenvalue weighted by molar-refractivity contribution is 5.73. The number of carbonyl (C=O) groups excluding carboxylic acids is 2. The molecule has 0 bridgehead atoms.